The highest BCUT2D eigenvalue weighted by molar-refractivity contribution is 7.18. The van der Waals surface area contributed by atoms with Crippen molar-refractivity contribution in [3.05, 3.63) is 28.8 Å². The molecule has 2 aromatic rings. The number of nitrogens with zero attached hydrogens (tertiary/aromatic N) is 2. The van der Waals surface area contributed by atoms with Gasteiger partial charge in [-0.05, 0) is 81.9 Å². The van der Waals surface area contributed by atoms with E-state index in [0.717, 1.165) is 18.4 Å². The molecule has 3 nitrogen and oxygen atoms in total. The van der Waals surface area contributed by atoms with Crippen molar-refractivity contribution >= 4 is 21.6 Å². The predicted molar refractivity (Wildman–Crippen MR) is 103 cm³/mol. The molecule has 1 N–H and O–H groups in total. The van der Waals surface area contributed by atoms with Gasteiger partial charge in [0, 0.05) is 12.5 Å². The van der Waals surface area contributed by atoms with Crippen LogP contribution in [0.1, 0.15) is 49.2 Å². The van der Waals surface area contributed by atoms with Crippen molar-refractivity contribution in [1.82, 2.24) is 15.2 Å². The highest BCUT2D eigenvalue weighted by Gasteiger charge is 2.21. The summed E-state index contributed by atoms with van der Waals surface area (Å²) in [4.78, 5) is 7.42. The van der Waals surface area contributed by atoms with Crippen LogP contribution in [0.15, 0.2) is 18.2 Å². The first-order chi connectivity index (χ1) is 11.7. The van der Waals surface area contributed by atoms with Gasteiger partial charge in [0.1, 0.15) is 0 Å². The summed E-state index contributed by atoms with van der Waals surface area (Å²) in [7, 11) is 2.23. The maximum Gasteiger partial charge on any atom is 0.0941 e. The van der Waals surface area contributed by atoms with E-state index in [1.807, 2.05) is 11.3 Å². The fraction of sp³-hybridized carbons (Fsp3) is 0.650. The standard InChI is InChI=1S/C20H29N3S/c1-14-3-5-17(21-13-14)16-4-6-19-18(12-16)22-20(24-19)11-15-7-9-23(2)10-8-15/h4,6,12,14-15,17,21H,3,5,7-11,13H2,1-2H3/t14-,17+/m0/s1. The van der Waals surface area contributed by atoms with Gasteiger partial charge in [-0.1, -0.05) is 13.0 Å². The molecule has 4 rings (SSSR count). The van der Waals surface area contributed by atoms with Crippen molar-refractivity contribution in [3.8, 4) is 0 Å². The minimum Gasteiger partial charge on any atom is -0.310 e. The number of benzene rings is 1. The molecule has 0 aliphatic carbocycles. The number of piperidine rings is 2. The molecule has 0 unspecified atom stereocenters. The van der Waals surface area contributed by atoms with E-state index in [1.54, 1.807) is 0 Å². The summed E-state index contributed by atoms with van der Waals surface area (Å²) < 4.78 is 1.35. The molecular formula is C20H29N3S. The van der Waals surface area contributed by atoms with Crippen LogP contribution in [0.4, 0.5) is 0 Å². The van der Waals surface area contributed by atoms with Gasteiger partial charge < -0.3 is 10.2 Å². The van der Waals surface area contributed by atoms with Crippen molar-refractivity contribution in [2.45, 2.75) is 45.1 Å². The molecule has 0 spiro atoms. The van der Waals surface area contributed by atoms with Gasteiger partial charge in [-0.3, -0.25) is 0 Å². The van der Waals surface area contributed by atoms with Gasteiger partial charge in [0.25, 0.3) is 0 Å². The third kappa shape index (κ3) is 3.66. The van der Waals surface area contributed by atoms with Crippen LogP contribution in [-0.4, -0.2) is 36.6 Å². The van der Waals surface area contributed by atoms with E-state index < -0.39 is 0 Å². The minimum atomic E-state index is 0.518. The predicted octanol–water partition coefficient (Wildman–Crippen LogP) is 4.24. The molecule has 3 heterocycles. The lowest BCUT2D eigenvalue weighted by atomic mass is 9.92. The van der Waals surface area contributed by atoms with Gasteiger partial charge >= 0.3 is 0 Å². The zero-order chi connectivity index (χ0) is 16.5. The van der Waals surface area contributed by atoms with Crippen molar-refractivity contribution in [3.63, 3.8) is 0 Å². The molecule has 2 aliphatic rings. The number of hydrogen-bond acceptors (Lipinski definition) is 4. The summed E-state index contributed by atoms with van der Waals surface area (Å²) in [5.41, 5.74) is 2.63. The highest BCUT2D eigenvalue weighted by Crippen LogP contribution is 2.31. The highest BCUT2D eigenvalue weighted by atomic mass is 32.1. The van der Waals surface area contributed by atoms with Gasteiger partial charge in [-0.25, -0.2) is 4.98 Å². The Morgan fingerprint density at radius 3 is 2.79 bits per heavy atom. The maximum absolute atomic E-state index is 4.97. The maximum atomic E-state index is 4.97. The monoisotopic (exact) mass is 343 g/mol. The lowest BCUT2D eigenvalue weighted by molar-refractivity contribution is 0.219. The van der Waals surface area contributed by atoms with Gasteiger partial charge in [0.2, 0.25) is 0 Å². The quantitative estimate of drug-likeness (QED) is 0.903. The first-order valence-electron chi connectivity index (χ1n) is 9.48. The summed E-state index contributed by atoms with van der Waals surface area (Å²) in [5, 5.41) is 5.03. The van der Waals surface area contributed by atoms with Gasteiger partial charge in [-0.15, -0.1) is 11.3 Å². The third-order valence-electron chi connectivity index (χ3n) is 5.82. The number of thiazole rings is 1. The lowest BCUT2D eigenvalue weighted by Gasteiger charge is -2.28. The number of hydrogen-bond donors (Lipinski definition) is 1. The third-order valence-corrected chi connectivity index (χ3v) is 6.88. The smallest absolute Gasteiger partial charge is 0.0941 e. The van der Waals surface area contributed by atoms with E-state index in [9.17, 15) is 0 Å². The zero-order valence-electron chi connectivity index (χ0n) is 14.9. The Hall–Kier alpha value is -0.970. The average Bonchev–Trinajstić information content (AvgIpc) is 2.99. The second kappa shape index (κ2) is 7.11. The largest absolute Gasteiger partial charge is 0.310 e. The normalized spacial score (nSPS) is 26.9. The van der Waals surface area contributed by atoms with Crippen molar-refractivity contribution < 1.29 is 0 Å². The van der Waals surface area contributed by atoms with E-state index in [0.29, 0.717) is 6.04 Å². The Labute approximate surface area is 149 Å². The van der Waals surface area contributed by atoms with Crippen LogP contribution < -0.4 is 5.32 Å². The Morgan fingerprint density at radius 2 is 2.04 bits per heavy atom. The number of aromatic nitrogens is 1. The van der Waals surface area contributed by atoms with Crippen LogP contribution in [0.25, 0.3) is 10.2 Å². The van der Waals surface area contributed by atoms with Crippen LogP contribution in [-0.2, 0) is 6.42 Å². The SMILES string of the molecule is C[C@H]1CC[C@H](c2ccc3sc(CC4CCN(C)CC4)nc3c2)NC1. The second-order valence-electron chi connectivity index (χ2n) is 7.93. The average molecular weight is 344 g/mol. The van der Waals surface area contributed by atoms with Crippen molar-refractivity contribution in [2.24, 2.45) is 11.8 Å². The molecule has 0 amide bonds. The van der Waals surface area contributed by atoms with E-state index in [4.69, 9.17) is 4.98 Å². The molecule has 24 heavy (non-hydrogen) atoms. The number of fused-ring (bicyclic) bond motifs is 1. The van der Waals surface area contributed by atoms with Crippen LogP contribution in [0.5, 0.6) is 0 Å². The molecule has 2 saturated heterocycles. The second-order valence-corrected chi connectivity index (χ2v) is 9.04. The molecule has 0 radical (unpaired) electrons. The fourth-order valence-electron chi connectivity index (χ4n) is 4.09. The summed E-state index contributed by atoms with van der Waals surface area (Å²) in [5.74, 6) is 1.63. The molecule has 0 bridgehead atoms. The Bertz CT molecular complexity index is 679. The first-order valence-corrected chi connectivity index (χ1v) is 10.3. The van der Waals surface area contributed by atoms with Crippen LogP contribution >= 0.6 is 11.3 Å². The first kappa shape index (κ1) is 16.5. The van der Waals surface area contributed by atoms with Gasteiger partial charge in [0.05, 0.1) is 15.2 Å². The molecule has 2 fully saturated rings. The topological polar surface area (TPSA) is 28.2 Å². The van der Waals surface area contributed by atoms with Gasteiger partial charge in [-0.2, -0.15) is 0 Å². The van der Waals surface area contributed by atoms with Gasteiger partial charge in [0.15, 0.2) is 0 Å². The molecule has 2 aliphatic heterocycles. The lowest BCUT2D eigenvalue weighted by Crippen LogP contribution is -2.31. The van der Waals surface area contributed by atoms with Crippen LogP contribution in [0, 0.1) is 11.8 Å². The van der Waals surface area contributed by atoms with Crippen molar-refractivity contribution in [2.75, 3.05) is 26.7 Å². The number of nitrogens with one attached hydrogen (secondary N) is 1. The van der Waals surface area contributed by atoms with Crippen molar-refractivity contribution in [1.29, 1.82) is 0 Å². The molecular weight excluding hydrogens is 314 g/mol. The number of rotatable bonds is 3. The van der Waals surface area contributed by atoms with E-state index in [2.05, 4.69) is 42.4 Å². The summed E-state index contributed by atoms with van der Waals surface area (Å²) in [6.07, 6.45) is 6.39. The molecule has 1 aromatic carbocycles. The zero-order valence-corrected chi connectivity index (χ0v) is 15.7. The minimum absolute atomic E-state index is 0.518. The van der Waals surface area contributed by atoms with Crippen LogP contribution in [0.2, 0.25) is 0 Å². The summed E-state index contributed by atoms with van der Waals surface area (Å²) >= 11 is 1.90. The number of likely N-dealkylation sites (tertiary alicyclic amines) is 1. The molecule has 2 atom stereocenters. The fourth-order valence-corrected chi connectivity index (χ4v) is 5.15. The molecule has 1 aromatic heterocycles. The van der Waals surface area contributed by atoms with Crippen LogP contribution in [0.3, 0.4) is 0 Å². The van der Waals surface area contributed by atoms with E-state index >= 15 is 0 Å². The molecule has 0 saturated carbocycles. The molecule has 130 valence electrons. The Morgan fingerprint density at radius 1 is 1.21 bits per heavy atom. The Balaban J connectivity index is 1.47. The summed E-state index contributed by atoms with van der Waals surface area (Å²) in [6, 6.07) is 7.45. The van der Waals surface area contributed by atoms with E-state index in [-0.39, 0.29) is 0 Å². The Kier molecular flexibility index (Phi) is 4.88. The molecule has 4 heteroatoms. The van der Waals surface area contributed by atoms with E-state index in [1.165, 1.54) is 66.0 Å². The summed E-state index contributed by atoms with van der Waals surface area (Å²) in [6.45, 7) is 5.96.